The largest absolute Gasteiger partial charge is 0.465 e. The molecule has 0 aliphatic carbocycles. The van der Waals surface area contributed by atoms with Crippen LogP contribution >= 0.6 is 22.6 Å². The number of alkyl halides is 1. The van der Waals surface area contributed by atoms with Gasteiger partial charge in [0.25, 0.3) is 0 Å². The van der Waals surface area contributed by atoms with Crippen LogP contribution in [-0.4, -0.2) is 22.0 Å². The summed E-state index contributed by atoms with van der Waals surface area (Å²) in [5, 5.41) is 0. The van der Waals surface area contributed by atoms with Gasteiger partial charge in [0.15, 0.2) is 0 Å². The topological polar surface area (TPSA) is 42.1 Å². The van der Waals surface area contributed by atoms with Crippen molar-refractivity contribution in [1.82, 2.24) is 4.98 Å². The molecule has 0 aliphatic rings. The smallest absolute Gasteiger partial charge is 0.314 e. The highest BCUT2D eigenvalue weighted by Gasteiger charge is 2.21. The Bertz CT molecular complexity index is 272. The first-order valence-corrected chi connectivity index (χ1v) is 6.18. The van der Waals surface area contributed by atoms with Crippen molar-refractivity contribution in [3.05, 3.63) is 24.0 Å². The van der Waals surface area contributed by atoms with E-state index in [-0.39, 0.29) is 11.9 Å². The van der Waals surface area contributed by atoms with Crippen molar-refractivity contribution in [3.8, 4) is 0 Å². The minimum Gasteiger partial charge on any atom is -0.465 e. The lowest BCUT2D eigenvalue weighted by atomic mass is 10.0. The third kappa shape index (κ3) is 3.01. The Labute approximate surface area is 97.4 Å². The second kappa shape index (κ2) is 6.06. The van der Waals surface area contributed by atoms with Crippen LogP contribution < -0.4 is 0 Å². The first-order chi connectivity index (χ1) is 6.79. The lowest BCUT2D eigenvalue weighted by Gasteiger charge is -2.12. The van der Waals surface area contributed by atoms with E-state index in [9.17, 15) is 4.79 Å². The Morgan fingerprint density at radius 2 is 2.50 bits per heavy atom. The zero-order chi connectivity index (χ0) is 10.4. The Morgan fingerprint density at radius 1 is 1.71 bits per heavy atom. The molecule has 0 aromatic carbocycles. The number of carbonyl (C=O) groups is 1. The quantitative estimate of drug-likeness (QED) is 0.516. The zero-order valence-corrected chi connectivity index (χ0v) is 10.3. The predicted molar refractivity (Wildman–Crippen MR) is 63.7 cm³/mol. The van der Waals surface area contributed by atoms with Crippen molar-refractivity contribution >= 4 is 28.6 Å². The number of H-pyrrole nitrogens is 1. The van der Waals surface area contributed by atoms with E-state index in [4.69, 9.17) is 4.74 Å². The van der Waals surface area contributed by atoms with Crippen molar-refractivity contribution in [3.63, 3.8) is 0 Å². The van der Waals surface area contributed by atoms with Crippen molar-refractivity contribution < 1.29 is 9.53 Å². The molecule has 1 unspecified atom stereocenters. The molecule has 0 aliphatic heterocycles. The summed E-state index contributed by atoms with van der Waals surface area (Å²) in [7, 11) is 0. The second-order valence-electron chi connectivity index (χ2n) is 2.91. The maximum absolute atomic E-state index is 11.6. The Hall–Kier alpha value is -0.520. The van der Waals surface area contributed by atoms with Crippen molar-refractivity contribution in [1.29, 1.82) is 0 Å². The first-order valence-electron chi connectivity index (χ1n) is 4.65. The van der Waals surface area contributed by atoms with Gasteiger partial charge in [0.1, 0.15) is 0 Å². The van der Waals surface area contributed by atoms with Crippen LogP contribution in [0.1, 0.15) is 25.0 Å². The molecule has 1 aromatic heterocycles. The highest BCUT2D eigenvalue weighted by molar-refractivity contribution is 14.1. The van der Waals surface area contributed by atoms with E-state index in [1.54, 1.807) is 0 Å². The summed E-state index contributed by atoms with van der Waals surface area (Å²) in [5.74, 6) is -0.270. The summed E-state index contributed by atoms with van der Waals surface area (Å²) in [6, 6.07) is 3.82. The van der Waals surface area contributed by atoms with Crippen LogP contribution in [0.2, 0.25) is 0 Å². The van der Waals surface area contributed by atoms with Gasteiger partial charge in [0.2, 0.25) is 0 Å². The van der Waals surface area contributed by atoms with Gasteiger partial charge in [0, 0.05) is 16.3 Å². The standard InChI is InChI=1S/C10H14INO2/c1-2-14-10(13)8(5-6-11)9-4-3-7-12-9/h3-4,7-8,12H,2,5-6H2,1H3. The van der Waals surface area contributed by atoms with Crippen LogP contribution in [0.3, 0.4) is 0 Å². The van der Waals surface area contributed by atoms with Crippen LogP contribution in [0, 0.1) is 0 Å². The van der Waals surface area contributed by atoms with E-state index < -0.39 is 0 Å². The number of esters is 1. The number of nitrogens with one attached hydrogen (secondary N) is 1. The summed E-state index contributed by atoms with van der Waals surface area (Å²) < 4.78 is 5.96. The number of halogens is 1. The van der Waals surface area contributed by atoms with E-state index in [2.05, 4.69) is 27.6 Å². The van der Waals surface area contributed by atoms with E-state index in [0.717, 1.165) is 16.5 Å². The molecule has 0 bridgehead atoms. The Balaban J connectivity index is 2.69. The van der Waals surface area contributed by atoms with Crippen LogP contribution in [0.15, 0.2) is 18.3 Å². The van der Waals surface area contributed by atoms with Crippen molar-refractivity contribution in [2.45, 2.75) is 19.3 Å². The number of aromatic amines is 1. The van der Waals surface area contributed by atoms with Gasteiger partial charge in [0.05, 0.1) is 12.5 Å². The predicted octanol–water partition coefficient (Wildman–Crippen LogP) is 2.49. The molecule has 3 nitrogen and oxygen atoms in total. The molecule has 0 amide bonds. The molecule has 1 N–H and O–H groups in total. The number of rotatable bonds is 5. The van der Waals surface area contributed by atoms with Gasteiger partial charge in [-0.25, -0.2) is 0 Å². The van der Waals surface area contributed by atoms with Crippen LogP contribution in [0.4, 0.5) is 0 Å². The zero-order valence-electron chi connectivity index (χ0n) is 8.13. The molecule has 78 valence electrons. The van der Waals surface area contributed by atoms with Gasteiger partial charge in [-0.15, -0.1) is 0 Å². The van der Waals surface area contributed by atoms with Gasteiger partial charge in [-0.3, -0.25) is 4.79 Å². The average Bonchev–Trinajstić information content (AvgIpc) is 2.67. The Kier molecular flexibility index (Phi) is 5.00. The molecular formula is C10H14INO2. The highest BCUT2D eigenvalue weighted by atomic mass is 127. The van der Waals surface area contributed by atoms with Crippen LogP contribution in [0.5, 0.6) is 0 Å². The van der Waals surface area contributed by atoms with Crippen molar-refractivity contribution in [2.24, 2.45) is 0 Å². The third-order valence-electron chi connectivity index (χ3n) is 1.97. The lowest BCUT2D eigenvalue weighted by Crippen LogP contribution is -2.16. The van der Waals surface area contributed by atoms with Gasteiger partial charge in [-0.05, 0) is 25.5 Å². The molecular weight excluding hydrogens is 293 g/mol. The van der Waals surface area contributed by atoms with E-state index in [1.165, 1.54) is 0 Å². The number of ether oxygens (including phenoxy) is 1. The number of carbonyl (C=O) groups excluding carboxylic acids is 1. The summed E-state index contributed by atoms with van der Waals surface area (Å²) in [5.41, 5.74) is 0.945. The van der Waals surface area contributed by atoms with Crippen molar-refractivity contribution in [2.75, 3.05) is 11.0 Å². The molecule has 0 fully saturated rings. The molecule has 0 saturated carbocycles. The summed E-state index contributed by atoms with van der Waals surface area (Å²) >= 11 is 2.27. The van der Waals surface area contributed by atoms with Gasteiger partial charge < -0.3 is 9.72 Å². The summed E-state index contributed by atoms with van der Waals surface area (Å²) in [4.78, 5) is 14.6. The molecule has 1 rings (SSSR count). The van der Waals surface area contributed by atoms with E-state index >= 15 is 0 Å². The van der Waals surface area contributed by atoms with Crippen LogP contribution in [0.25, 0.3) is 0 Å². The van der Waals surface area contributed by atoms with Crippen LogP contribution in [-0.2, 0) is 9.53 Å². The average molecular weight is 307 g/mol. The van der Waals surface area contributed by atoms with E-state index in [1.807, 2.05) is 25.3 Å². The fourth-order valence-electron chi connectivity index (χ4n) is 1.31. The number of aromatic nitrogens is 1. The molecule has 1 atom stereocenters. The molecule has 14 heavy (non-hydrogen) atoms. The van der Waals surface area contributed by atoms with Gasteiger partial charge in [-0.2, -0.15) is 0 Å². The molecule has 0 spiro atoms. The maximum Gasteiger partial charge on any atom is 0.314 e. The SMILES string of the molecule is CCOC(=O)C(CCI)c1ccc[nH]1. The maximum atomic E-state index is 11.6. The normalized spacial score (nSPS) is 12.4. The molecule has 4 heteroatoms. The minimum atomic E-state index is -0.137. The fraction of sp³-hybridized carbons (Fsp3) is 0.500. The molecule has 0 radical (unpaired) electrons. The third-order valence-corrected chi connectivity index (χ3v) is 2.59. The second-order valence-corrected chi connectivity index (χ2v) is 3.99. The number of hydrogen-bond acceptors (Lipinski definition) is 2. The lowest BCUT2D eigenvalue weighted by molar-refractivity contribution is -0.145. The monoisotopic (exact) mass is 307 g/mol. The highest BCUT2D eigenvalue weighted by Crippen LogP contribution is 2.20. The van der Waals surface area contributed by atoms with Gasteiger partial charge >= 0.3 is 5.97 Å². The Morgan fingerprint density at radius 3 is 3.00 bits per heavy atom. The molecule has 1 heterocycles. The molecule has 1 aromatic rings. The minimum absolute atomic E-state index is 0.133. The van der Waals surface area contributed by atoms with Gasteiger partial charge in [-0.1, -0.05) is 22.6 Å². The summed E-state index contributed by atoms with van der Waals surface area (Å²) in [6.45, 7) is 2.27. The van der Waals surface area contributed by atoms with E-state index in [0.29, 0.717) is 6.61 Å². The first kappa shape index (κ1) is 11.6. The summed E-state index contributed by atoms with van der Waals surface area (Å²) in [6.07, 6.45) is 2.65. The molecule has 0 saturated heterocycles. The fourth-order valence-corrected chi connectivity index (χ4v) is 1.94. The number of hydrogen-bond donors (Lipinski definition) is 1.